The average molecular weight is 240 g/mol. The lowest BCUT2D eigenvalue weighted by molar-refractivity contribution is -0.157. The van der Waals surface area contributed by atoms with Crippen molar-refractivity contribution in [1.29, 1.82) is 0 Å². The van der Waals surface area contributed by atoms with Crippen molar-refractivity contribution in [3.05, 3.63) is 0 Å². The van der Waals surface area contributed by atoms with Crippen LogP contribution in [0.5, 0.6) is 0 Å². The van der Waals surface area contributed by atoms with Crippen molar-refractivity contribution < 1.29 is 9.84 Å². The van der Waals surface area contributed by atoms with E-state index in [4.69, 9.17) is 4.74 Å². The van der Waals surface area contributed by atoms with Crippen molar-refractivity contribution in [2.24, 2.45) is 17.3 Å². The summed E-state index contributed by atoms with van der Waals surface area (Å²) in [6.45, 7) is 8.47. The molecule has 1 aliphatic carbocycles. The molecule has 0 radical (unpaired) electrons. The lowest BCUT2D eigenvalue weighted by Crippen LogP contribution is -2.54. The fourth-order valence-electron chi connectivity index (χ4n) is 3.99. The highest BCUT2D eigenvalue weighted by atomic mass is 16.5. The van der Waals surface area contributed by atoms with Gasteiger partial charge >= 0.3 is 0 Å². The van der Waals surface area contributed by atoms with Crippen LogP contribution in [0.2, 0.25) is 0 Å². The zero-order chi connectivity index (χ0) is 12.5. The van der Waals surface area contributed by atoms with Gasteiger partial charge in [-0.2, -0.15) is 0 Å². The summed E-state index contributed by atoms with van der Waals surface area (Å²) in [4.78, 5) is 0. The zero-order valence-corrected chi connectivity index (χ0v) is 11.7. The molecule has 0 spiro atoms. The van der Waals surface area contributed by atoms with Gasteiger partial charge < -0.3 is 9.84 Å². The Morgan fingerprint density at radius 2 is 1.88 bits per heavy atom. The first-order valence-electron chi connectivity index (χ1n) is 7.25. The summed E-state index contributed by atoms with van der Waals surface area (Å²) in [5, 5.41) is 11.2. The molecule has 1 N–H and O–H groups in total. The smallest absolute Gasteiger partial charge is 0.0730 e. The number of ether oxygens (including phenoxy) is 1. The van der Waals surface area contributed by atoms with Gasteiger partial charge in [-0.1, -0.05) is 33.6 Å². The lowest BCUT2D eigenvalue weighted by atomic mass is 9.59. The van der Waals surface area contributed by atoms with Crippen LogP contribution >= 0.6 is 0 Å². The van der Waals surface area contributed by atoms with E-state index in [0.717, 1.165) is 32.5 Å². The van der Waals surface area contributed by atoms with E-state index in [9.17, 15) is 5.11 Å². The van der Waals surface area contributed by atoms with Crippen LogP contribution < -0.4 is 0 Å². The molecule has 0 amide bonds. The van der Waals surface area contributed by atoms with Crippen molar-refractivity contribution in [3.63, 3.8) is 0 Å². The maximum Gasteiger partial charge on any atom is 0.0730 e. The van der Waals surface area contributed by atoms with Gasteiger partial charge in [-0.25, -0.2) is 0 Å². The Kier molecular flexibility index (Phi) is 3.84. The fraction of sp³-hybridized carbons (Fsp3) is 1.00. The molecule has 2 rings (SSSR count). The Morgan fingerprint density at radius 1 is 1.12 bits per heavy atom. The molecule has 17 heavy (non-hydrogen) atoms. The third-order valence-electron chi connectivity index (χ3n) is 4.84. The largest absolute Gasteiger partial charge is 0.389 e. The molecular weight excluding hydrogens is 212 g/mol. The van der Waals surface area contributed by atoms with Gasteiger partial charge in [0.1, 0.15) is 0 Å². The van der Waals surface area contributed by atoms with E-state index >= 15 is 0 Å². The van der Waals surface area contributed by atoms with E-state index < -0.39 is 5.60 Å². The fourth-order valence-corrected chi connectivity index (χ4v) is 3.99. The molecule has 3 unspecified atom stereocenters. The first kappa shape index (κ1) is 13.4. The molecule has 1 heterocycles. The van der Waals surface area contributed by atoms with Crippen LogP contribution in [0.4, 0.5) is 0 Å². The van der Waals surface area contributed by atoms with Gasteiger partial charge in [0, 0.05) is 12.5 Å². The van der Waals surface area contributed by atoms with Crippen molar-refractivity contribution in [3.8, 4) is 0 Å². The summed E-state index contributed by atoms with van der Waals surface area (Å²) in [6.07, 6.45) is 6.86. The Hall–Kier alpha value is -0.0800. The van der Waals surface area contributed by atoms with E-state index in [-0.39, 0.29) is 5.41 Å². The summed E-state index contributed by atoms with van der Waals surface area (Å²) < 4.78 is 5.60. The number of hydrogen-bond donors (Lipinski definition) is 1. The lowest BCUT2D eigenvalue weighted by Gasteiger charge is -2.51. The van der Waals surface area contributed by atoms with Crippen LogP contribution in [0.15, 0.2) is 0 Å². The first-order chi connectivity index (χ1) is 7.94. The third kappa shape index (κ3) is 2.68. The summed E-state index contributed by atoms with van der Waals surface area (Å²) in [5.41, 5.74) is -0.274. The Labute approximate surface area is 106 Å². The maximum atomic E-state index is 11.2. The molecule has 1 saturated heterocycles. The Balaban J connectivity index is 2.17. The van der Waals surface area contributed by atoms with Crippen LogP contribution in [0.3, 0.4) is 0 Å². The maximum absolute atomic E-state index is 11.2. The minimum atomic E-state index is -0.475. The molecule has 0 aromatic heterocycles. The predicted octanol–water partition coefficient (Wildman–Crippen LogP) is 3.38. The van der Waals surface area contributed by atoms with Crippen LogP contribution in [0, 0.1) is 17.3 Å². The van der Waals surface area contributed by atoms with Gasteiger partial charge in [0.15, 0.2) is 0 Å². The highest BCUT2D eigenvalue weighted by Gasteiger charge is 2.49. The standard InChI is InChI=1S/C15H28O2/c1-14(2,3)13-8-4-5-9-15(13,16)12-7-6-10-17-11-12/h12-13,16H,4-11H2,1-3H3. The van der Waals surface area contributed by atoms with Gasteiger partial charge in [0.25, 0.3) is 0 Å². The summed E-state index contributed by atoms with van der Waals surface area (Å²) in [5.74, 6) is 0.788. The molecule has 100 valence electrons. The first-order valence-corrected chi connectivity index (χ1v) is 7.25. The average Bonchev–Trinajstić information content (AvgIpc) is 2.29. The quantitative estimate of drug-likeness (QED) is 0.761. The second kappa shape index (κ2) is 4.89. The van der Waals surface area contributed by atoms with Crippen LogP contribution in [0.25, 0.3) is 0 Å². The second-order valence-corrected chi connectivity index (χ2v) is 7.07. The molecule has 2 heteroatoms. The van der Waals surface area contributed by atoms with E-state index in [0.29, 0.717) is 11.8 Å². The number of rotatable bonds is 1. The van der Waals surface area contributed by atoms with Gasteiger partial charge in [-0.05, 0) is 37.0 Å². The Morgan fingerprint density at radius 3 is 2.47 bits per heavy atom. The normalized spacial score (nSPS) is 40.2. The van der Waals surface area contributed by atoms with E-state index in [1.807, 2.05) is 0 Å². The van der Waals surface area contributed by atoms with Crippen molar-refractivity contribution in [1.82, 2.24) is 0 Å². The highest BCUT2D eigenvalue weighted by Crippen LogP contribution is 2.49. The molecular formula is C15H28O2. The molecule has 2 nitrogen and oxygen atoms in total. The van der Waals surface area contributed by atoms with E-state index in [2.05, 4.69) is 20.8 Å². The topological polar surface area (TPSA) is 29.5 Å². The number of hydrogen-bond acceptors (Lipinski definition) is 2. The molecule has 0 aromatic carbocycles. The molecule has 1 aliphatic heterocycles. The van der Waals surface area contributed by atoms with Crippen molar-refractivity contribution in [2.75, 3.05) is 13.2 Å². The van der Waals surface area contributed by atoms with Crippen molar-refractivity contribution >= 4 is 0 Å². The van der Waals surface area contributed by atoms with Crippen molar-refractivity contribution in [2.45, 2.75) is 64.9 Å². The van der Waals surface area contributed by atoms with E-state index in [1.165, 1.54) is 19.3 Å². The molecule has 2 aliphatic rings. The van der Waals surface area contributed by atoms with Crippen LogP contribution in [-0.2, 0) is 4.74 Å². The van der Waals surface area contributed by atoms with Gasteiger partial charge in [0.2, 0.25) is 0 Å². The third-order valence-corrected chi connectivity index (χ3v) is 4.84. The Bertz CT molecular complexity index is 250. The van der Waals surface area contributed by atoms with Crippen LogP contribution in [-0.4, -0.2) is 23.9 Å². The second-order valence-electron chi connectivity index (χ2n) is 7.07. The minimum Gasteiger partial charge on any atom is -0.389 e. The molecule has 3 atom stereocenters. The SMILES string of the molecule is CC(C)(C)C1CCCCC1(O)C1CCCOC1. The predicted molar refractivity (Wildman–Crippen MR) is 69.9 cm³/mol. The molecule has 2 fully saturated rings. The monoisotopic (exact) mass is 240 g/mol. The summed E-state index contributed by atoms with van der Waals surface area (Å²) in [6, 6.07) is 0. The van der Waals surface area contributed by atoms with Gasteiger partial charge in [-0.3, -0.25) is 0 Å². The number of aliphatic hydroxyl groups is 1. The molecule has 0 aromatic rings. The zero-order valence-electron chi connectivity index (χ0n) is 11.7. The van der Waals surface area contributed by atoms with Gasteiger partial charge in [0.05, 0.1) is 12.2 Å². The molecule has 0 bridgehead atoms. The van der Waals surface area contributed by atoms with Gasteiger partial charge in [-0.15, -0.1) is 0 Å². The molecule has 1 saturated carbocycles. The highest BCUT2D eigenvalue weighted by molar-refractivity contribution is 5.00. The van der Waals surface area contributed by atoms with E-state index in [1.54, 1.807) is 0 Å². The summed E-state index contributed by atoms with van der Waals surface area (Å²) >= 11 is 0. The minimum absolute atomic E-state index is 0.201. The summed E-state index contributed by atoms with van der Waals surface area (Å²) in [7, 11) is 0. The van der Waals surface area contributed by atoms with Crippen LogP contribution in [0.1, 0.15) is 59.3 Å².